The minimum absolute atomic E-state index is 0.209. The standard InChI is InChI=1S/C16H19FN6/c1-2-7-18-16-20-15(12-19-21-16)23-10-8-22(9-11-23)14-5-3-13(17)4-6-14/h2-6,12H,1,7-11H2,(H,18,20,21). The highest BCUT2D eigenvalue weighted by molar-refractivity contribution is 5.49. The fourth-order valence-electron chi connectivity index (χ4n) is 2.53. The van der Waals surface area contributed by atoms with Gasteiger partial charge in [-0.05, 0) is 24.3 Å². The Morgan fingerprint density at radius 1 is 1.13 bits per heavy atom. The third-order valence-corrected chi connectivity index (χ3v) is 3.75. The molecule has 0 saturated carbocycles. The van der Waals surface area contributed by atoms with Crippen LogP contribution in [0.25, 0.3) is 0 Å². The van der Waals surface area contributed by atoms with Gasteiger partial charge in [-0.15, -0.1) is 11.7 Å². The van der Waals surface area contributed by atoms with E-state index in [1.165, 1.54) is 12.1 Å². The first-order valence-corrected chi connectivity index (χ1v) is 7.56. The number of anilines is 3. The molecule has 0 amide bonds. The molecule has 2 heterocycles. The van der Waals surface area contributed by atoms with Crippen molar-refractivity contribution in [2.75, 3.05) is 47.8 Å². The summed E-state index contributed by atoms with van der Waals surface area (Å²) in [6, 6.07) is 6.62. The highest BCUT2D eigenvalue weighted by Gasteiger charge is 2.19. The quantitative estimate of drug-likeness (QED) is 0.851. The molecular formula is C16H19FN6. The van der Waals surface area contributed by atoms with Crippen molar-refractivity contribution in [3.8, 4) is 0 Å². The number of hydrogen-bond donors (Lipinski definition) is 1. The summed E-state index contributed by atoms with van der Waals surface area (Å²) in [5, 5.41) is 11.0. The summed E-state index contributed by atoms with van der Waals surface area (Å²) >= 11 is 0. The summed E-state index contributed by atoms with van der Waals surface area (Å²) in [6.07, 6.45) is 3.42. The van der Waals surface area contributed by atoms with Crippen molar-refractivity contribution < 1.29 is 4.39 Å². The van der Waals surface area contributed by atoms with E-state index in [4.69, 9.17) is 0 Å². The molecule has 7 heteroatoms. The lowest BCUT2D eigenvalue weighted by Crippen LogP contribution is -2.47. The van der Waals surface area contributed by atoms with E-state index in [1.807, 2.05) is 12.1 Å². The minimum Gasteiger partial charge on any atom is -0.368 e. The van der Waals surface area contributed by atoms with Crippen LogP contribution in [-0.4, -0.2) is 47.9 Å². The maximum Gasteiger partial charge on any atom is 0.244 e. The van der Waals surface area contributed by atoms with Crippen LogP contribution in [0.5, 0.6) is 0 Å². The summed E-state index contributed by atoms with van der Waals surface area (Å²) in [5.41, 5.74) is 1.04. The lowest BCUT2D eigenvalue weighted by Gasteiger charge is -2.36. The van der Waals surface area contributed by atoms with Crippen molar-refractivity contribution in [1.29, 1.82) is 0 Å². The van der Waals surface area contributed by atoms with E-state index in [9.17, 15) is 4.39 Å². The molecule has 1 aliphatic heterocycles. The Morgan fingerprint density at radius 3 is 2.52 bits per heavy atom. The van der Waals surface area contributed by atoms with Gasteiger partial charge in [0, 0.05) is 38.4 Å². The van der Waals surface area contributed by atoms with Crippen LogP contribution in [0.1, 0.15) is 0 Å². The van der Waals surface area contributed by atoms with E-state index in [1.54, 1.807) is 12.3 Å². The predicted molar refractivity (Wildman–Crippen MR) is 89.3 cm³/mol. The van der Waals surface area contributed by atoms with Crippen molar-refractivity contribution in [2.24, 2.45) is 0 Å². The van der Waals surface area contributed by atoms with E-state index in [0.29, 0.717) is 12.5 Å². The van der Waals surface area contributed by atoms with Gasteiger partial charge >= 0.3 is 0 Å². The van der Waals surface area contributed by atoms with Crippen LogP contribution < -0.4 is 15.1 Å². The third kappa shape index (κ3) is 3.74. The number of nitrogens with one attached hydrogen (secondary N) is 1. The Balaban J connectivity index is 1.62. The summed E-state index contributed by atoms with van der Waals surface area (Å²) in [4.78, 5) is 8.88. The van der Waals surface area contributed by atoms with Gasteiger partial charge in [0.05, 0.1) is 6.20 Å². The smallest absolute Gasteiger partial charge is 0.244 e. The van der Waals surface area contributed by atoms with Gasteiger partial charge < -0.3 is 15.1 Å². The second-order valence-corrected chi connectivity index (χ2v) is 5.26. The predicted octanol–water partition coefficient (Wildman–Crippen LogP) is 1.94. The molecule has 0 radical (unpaired) electrons. The van der Waals surface area contributed by atoms with Gasteiger partial charge in [0.25, 0.3) is 0 Å². The Kier molecular flexibility index (Phi) is 4.65. The molecule has 0 spiro atoms. The summed E-state index contributed by atoms with van der Waals surface area (Å²) < 4.78 is 13.0. The monoisotopic (exact) mass is 314 g/mol. The lowest BCUT2D eigenvalue weighted by atomic mass is 10.2. The zero-order chi connectivity index (χ0) is 16.1. The third-order valence-electron chi connectivity index (χ3n) is 3.75. The Morgan fingerprint density at radius 2 is 1.83 bits per heavy atom. The number of hydrogen-bond acceptors (Lipinski definition) is 6. The number of benzene rings is 1. The molecule has 3 rings (SSSR count). The van der Waals surface area contributed by atoms with E-state index in [-0.39, 0.29) is 5.82 Å². The lowest BCUT2D eigenvalue weighted by molar-refractivity contribution is 0.624. The molecule has 0 bridgehead atoms. The Labute approximate surface area is 134 Å². The SMILES string of the molecule is C=CCNc1nncc(N2CCN(c3ccc(F)cc3)CC2)n1. The number of nitrogens with zero attached hydrogens (tertiary/aromatic N) is 5. The molecule has 1 aromatic heterocycles. The van der Waals surface area contributed by atoms with E-state index < -0.39 is 0 Å². The summed E-state index contributed by atoms with van der Waals surface area (Å²) in [5.74, 6) is 1.10. The molecule has 1 aliphatic rings. The minimum atomic E-state index is -0.209. The maximum atomic E-state index is 13.0. The normalized spacial score (nSPS) is 14.7. The fourth-order valence-corrected chi connectivity index (χ4v) is 2.53. The molecule has 2 aromatic rings. The molecule has 1 fully saturated rings. The largest absolute Gasteiger partial charge is 0.368 e. The topological polar surface area (TPSA) is 57.2 Å². The second kappa shape index (κ2) is 7.04. The molecular weight excluding hydrogens is 295 g/mol. The van der Waals surface area contributed by atoms with Gasteiger partial charge in [-0.25, -0.2) is 4.39 Å². The first kappa shape index (κ1) is 15.2. The molecule has 23 heavy (non-hydrogen) atoms. The van der Waals surface area contributed by atoms with E-state index >= 15 is 0 Å². The van der Waals surface area contributed by atoms with Crippen LogP contribution in [0.2, 0.25) is 0 Å². The van der Waals surface area contributed by atoms with Crippen molar-refractivity contribution in [1.82, 2.24) is 15.2 Å². The maximum absolute atomic E-state index is 13.0. The molecule has 0 aliphatic carbocycles. The van der Waals surface area contributed by atoms with Crippen molar-refractivity contribution >= 4 is 17.5 Å². The molecule has 0 atom stereocenters. The Bertz CT molecular complexity index is 652. The van der Waals surface area contributed by atoms with Crippen LogP contribution in [-0.2, 0) is 0 Å². The van der Waals surface area contributed by atoms with Crippen LogP contribution in [0.3, 0.4) is 0 Å². The average Bonchev–Trinajstić information content (AvgIpc) is 2.61. The first-order chi connectivity index (χ1) is 11.3. The van der Waals surface area contributed by atoms with Crippen molar-refractivity contribution in [3.05, 3.63) is 48.9 Å². The highest BCUT2D eigenvalue weighted by atomic mass is 19.1. The van der Waals surface area contributed by atoms with Crippen molar-refractivity contribution in [3.63, 3.8) is 0 Å². The second-order valence-electron chi connectivity index (χ2n) is 5.26. The molecule has 1 saturated heterocycles. The van der Waals surface area contributed by atoms with Gasteiger partial charge in [0.2, 0.25) is 5.95 Å². The number of halogens is 1. The highest BCUT2D eigenvalue weighted by Crippen LogP contribution is 2.19. The number of rotatable bonds is 5. The number of aromatic nitrogens is 3. The summed E-state index contributed by atoms with van der Waals surface area (Å²) in [7, 11) is 0. The molecule has 0 unspecified atom stereocenters. The van der Waals surface area contributed by atoms with Crippen LogP contribution in [0, 0.1) is 5.82 Å². The zero-order valence-electron chi connectivity index (χ0n) is 12.8. The van der Waals surface area contributed by atoms with Crippen LogP contribution >= 0.6 is 0 Å². The van der Waals surface area contributed by atoms with E-state index in [0.717, 1.165) is 37.7 Å². The number of piperazine rings is 1. The fraction of sp³-hybridized carbons (Fsp3) is 0.312. The summed E-state index contributed by atoms with van der Waals surface area (Å²) in [6.45, 7) is 7.62. The Hall–Kier alpha value is -2.70. The van der Waals surface area contributed by atoms with Gasteiger partial charge in [-0.1, -0.05) is 6.08 Å². The van der Waals surface area contributed by atoms with Crippen LogP contribution in [0.4, 0.5) is 21.8 Å². The van der Waals surface area contributed by atoms with Crippen molar-refractivity contribution in [2.45, 2.75) is 0 Å². The molecule has 1 N–H and O–H groups in total. The molecule has 1 aromatic carbocycles. The first-order valence-electron chi connectivity index (χ1n) is 7.56. The zero-order valence-corrected chi connectivity index (χ0v) is 12.8. The molecule has 6 nitrogen and oxygen atoms in total. The molecule has 120 valence electrons. The van der Waals surface area contributed by atoms with Gasteiger partial charge in [0.15, 0.2) is 5.82 Å². The van der Waals surface area contributed by atoms with Crippen LogP contribution in [0.15, 0.2) is 43.1 Å². The van der Waals surface area contributed by atoms with Gasteiger partial charge in [-0.3, -0.25) is 0 Å². The average molecular weight is 314 g/mol. The van der Waals surface area contributed by atoms with Gasteiger partial charge in [0.1, 0.15) is 5.82 Å². The van der Waals surface area contributed by atoms with Gasteiger partial charge in [-0.2, -0.15) is 10.1 Å². The van der Waals surface area contributed by atoms with E-state index in [2.05, 4.69) is 36.9 Å².